The Morgan fingerprint density at radius 3 is 1.72 bits per heavy atom. The van der Waals surface area contributed by atoms with E-state index in [1.54, 1.807) is 0 Å². The highest BCUT2D eigenvalue weighted by atomic mass is 16.5. The van der Waals surface area contributed by atoms with Gasteiger partial charge in [0, 0.05) is 16.9 Å². The smallest absolute Gasteiger partial charge is 0.0891 e. The van der Waals surface area contributed by atoms with Gasteiger partial charge in [-0.25, -0.2) is 0 Å². The van der Waals surface area contributed by atoms with E-state index in [2.05, 4.69) is 136 Å². The molecule has 4 aromatic rings. The SMILES string of the molecule is CC1(C)OC(C)(C)c2cc(-c3ccccc3N(c3ccccc3)c3ccccc3)ccc21. The van der Waals surface area contributed by atoms with Crippen LogP contribution in [0.1, 0.15) is 38.8 Å². The fourth-order valence-electron chi connectivity index (χ4n) is 4.98. The summed E-state index contributed by atoms with van der Waals surface area (Å²) in [7, 11) is 0. The summed E-state index contributed by atoms with van der Waals surface area (Å²) in [5, 5.41) is 0. The molecular weight excluding hydrogens is 390 g/mol. The summed E-state index contributed by atoms with van der Waals surface area (Å²) in [5.74, 6) is 0. The van der Waals surface area contributed by atoms with Crippen molar-refractivity contribution < 1.29 is 4.74 Å². The minimum atomic E-state index is -0.317. The van der Waals surface area contributed by atoms with Gasteiger partial charge in [0.05, 0.1) is 16.9 Å². The molecule has 2 heteroatoms. The van der Waals surface area contributed by atoms with E-state index in [-0.39, 0.29) is 11.2 Å². The molecule has 4 aromatic carbocycles. The predicted octanol–water partition coefficient (Wildman–Crippen LogP) is 8.32. The van der Waals surface area contributed by atoms with Crippen LogP contribution in [-0.4, -0.2) is 0 Å². The first-order chi connectivity index (χ1) is 15.4. The molecule has 160 valence electrons. The van der Waals surface area contributed by atoms with E-state index in [0.717, 1.165) is 17.1 Å². The molecule has 0 aliphatic carbocycles. The van der Waals surface area contributed by atoms with Crippen molar-refractivity contribution in [3.05, 3.63) is 114 Å². The van der Waals surface area contributed by atoms with E-state index in [1.807, 2.05) is 0 Å². The van der Waals surface area contributed by atoms with Crippen LogP contribution >= 0.6 is 0 Å². The maximum atomic E-state index is 6.40. The zero-order valence-corrected chi connectivity index (χ0v) is 19.2. The van der Waals surface area contributed by atoms with Crippen LogP contribution in [0.2, 0.25) is 0 Å². The Morgan fingerprint density at radius 1 is 0.562 bits per heavy atom. The molecule has 0 aromatic heterocycles. The van der Waals surface area contributed by atoms with Gasteiger partial charge in [0.25, 0.3) is 0 Å². The van der Waals surface area contributed by atoms with Gasteiger partial charge in [-0.1, -0.05) is 66.7 Å². The summed E-state index contributed by atoms with van der Waals surface area (Å²) in [6.45, 7) is 8.63. The van der Waals surface area contributed by atoms with Gasteiger partial charge in [-0.3, -0.25) is 0 Å². The van der Waals surface area contributed by atoms with E-state index in [4.69, 9.17) is 4.74 Å². The molecule has 32 heavy (non-hydrogen) atoms. The van der Waals surface area contributed by atoms with E-state index >= 15 is 0 Å². The molecule has 1 aliphatic rings. The highest BCUT2D eigenvalue weighted by Crippen LogP contribution is 2.49. The number of fused-ring (bicyclic) bond motifs is 1. The Hall–Kier alpha value is -3.36. The first kappa shape index (κ1) is 20.5. The van der Waals surface area contributed by atoms with E-state index < -0.39 is 0 Å². The topological polar surface area (TPSA) is 12.5 Å². The van der Waals surface area contributed by atoms with Crippen LogP contribution in [0.4, 0.5) is 17.1 Å². The van der Waals surface area contributed by atoms with Crippen molar-refractivity contribution in [1.29, 1.82) is 0 Å². The van der Waals surface area contributed by atoms with Crippen molar-refractivity contribution in [2.24, 2.45) is 0 Å². The average molecular weight is 420 g/mol. The fourth-order valence-corrected chi connectivity index (χ4v) is 4.98. The zero-order valence-electron chi connectivity index (χ0n) is 19.2. The second-order valence-corrected chi connectivity index (χ2v) is 9.41. The molecule has 0 radical (unpaired) electrons. The molecule has 1 aliphatic heterocycles. The quantitative estimate of drug-likeness (QED) is 0.330. The van der Waals surface area contributed by atoms with Gasteiger partial charge in [-0.05, 0) is 80.8 Å². The monoisotopic (exact) mass is 419 g/mol. The summed E-state index contributed by atoms with van der Waals surface area (Å²) in [4.78, 5) is 2.33. The number of para-hydroxylation sites is 3. The highest BCUT2D eigenvalue weighted by molar-refractivity contribution is 5.88. The molecule has 5 rings (SSSR count). The van der Waals surface area contributed by atoms with Gasteiger partial charge >= 0.3 is 0 Å². The summed E-state index contributed by atoms with van der Waals surface area (Å²) in [5.41, 5.74) is 7.76. The van der Waals surface area contributed by atoms with Crippen LogP contribution in [-0.2, 0) is 15.9 Å². The maximum Gasteiger partial charge on any atom is 0.0891 e. The number of anilines is 3. The van der Waals surface area contributed by atoms with Crippen molar-refractivity contribution in [3.63, 3.8) is 0 Å². The number of hydrogen-bond acceptors (Lipinski definition) is 2. The molecule has 0 spiro atoms. The molecular formula is C30H29NO. The third-order valence-electron chi connectivity index (χ3n) is 6.31. The van der Waals surface area contributed by atoms with Gasteiger partial charge in [-0.2, -0.15) is 0 Å². The largest absolute Gasteiger partial charge is 0.360 e. The normalized spacial score (nSPS) is 15.9. The number of hydrogen-bond donors (Lipinski definition) is 0. The van der Waals surface area contributed by atoms with Gasteiger partial charge in [-0.15, -0.1) is 0 Å². The number of rotatable bonds is 4. The Morgan fingerprint density at radius 2 is 1.09 bits per heavy atom. The standard InChI is InChI=1S/C30H29NO/c1-29(2)26-20-19-22(21-27(26)30(3,4)32-29)25-17-11-12-18-28(25)31(23-13-7-5-8-14-23)24-15-9-6-10-16-24/h5-21H,1-4H3. The van der Waals surface area contributed by atoms with Gasteiger partial charge in [0.15, 0.2) is 0 Å². The van der Waals surface area contributed by atoms with E-state index in [1.165, 1.54) is 22.3 Å². The lowest BCUT2D eigenvalue weighted by Gasteiger charge is -2.28. The third-order valence-corrected chi connectivity index (χ3v) is 6.31. The Kier molecular flexibility index (Phi) is 4.91. The van der Waals surface area contributed by atoms with Crippen LogP contribution in [0.3, 0.4) is 0 Å². The highest BCUT2D eigenvalue weighted by Gasteiger charge is 2.42. The number of nitrogens with zero attached hydrogens (tertiary/aromatic N) is 1. The molecule has 0 saturated carbocycles. The predicted molar refractivity (Wildman–Crippen MR) is 134 cm³/mol. The van der Waals surface area contributed by atoms with Gasteiger partial charge < -0.3 is 9.64 Å². The number of ether oxygens (including phenoxy) is 1. The van der Waals surface area contributed by atoms with Crippen LogP contribution in [0.5, 0.6) is 0 Å². The van der Waals surface area contributed by atoms with Crippen LogP contribution in [0, 0.1) is 0 Å². The van der Waals surface area contributed by atoms with Crippen LogP contribution in [0.25, 0.3) is 11.1 Å². The van der Waals surface area contributed by atoms with E-state index in [9.17, 15) is 0 Å². The lowest BCUT2D eigenvalue weighted by atomic mass is 9.87. The van der Waals surface area contributed by atoms with Crippen molar-refractivity contribution in [1.82, 2.24) is 0 Å². The second-order valence-electron chi connectivity index (χ2n) is 9.41. The van der Waals surface area contributed by atoms with Crippen molar-refractivity contribution in [3.8, 4) is 11.1 Å². The van der Waals surface area contributed by atoms with Crippen molar-refractivity contribution >= 4 is 17.1 Å². The molecule has 1 heterocycles. The summed E-state index contributed by atoms with van der Waals surface area (Å²) in [6, 6.07) is 36.5. The molecule has 0 amide bonds. The van der Waals surface area contributed by atoms with E-state index in [0.29, 0.717) is 0 Å². The summed E-state index contributed by atoms with van der Waals surface area (Å²) >= 11 is 0. The Balaban J connectivity index is 1.70. The van der Waals surface area contributed by atoms with Crippen LogP contribution in [0.15, 0.2) is 103 Å². The first-order valence-corrected chi connectivity index (χ1v) is 11.2. The summed E-state index contributed by atoms with van der Waals surface area (Å²) < 4.78 is 6.40. The second kappa shape index (κ2) is 7.65. The average Bonchev–Trinajstić information content (AvgIpc) is 2.99. The maximum absolute atomic E-state index is 6.40. The first-order valence-electron chi connectivity index (χ1n) is 11.2. The Bertz CT molecular complexity index is 1200. The Labute approximate surface area is 191 Å². The zero-order chi connectivity index (χ0) is 22.3. The minimum absolute atomic E-state index is 0.281. The molecule has 0 atom stereocenters. The molecule has 0 N–H and O–H groups in total. The molecule has 0 fully saturated rings. The molecule has 0 bridgehead atoms. The van der Waals surface area contributed by atoms with Gasteiger partial charge in [0.1, 0.15) is 0 Å². The third kappa shape index (κ3) is 3.51. The summed E-state index contributed by atoms with van der Waals surface area (Å²) in [6.07, 6.45) is 0. The fraction of sp³-hybridized carbons (Fsp3) is 0.200. The minimum Gasteiger partial charge on any atom is -0.360 e. The van der Waals surface area contributed by atoms with Crippen molar-refractivity contribution in [2.45, 2.75) is 38.9 Å². The van der Waals surface area contributed by atoms with Gasteiger partial charge in [0.2, 0.25) is 0 Å². The molecule has 0 saturated heterocycles. The lowest BCUT2D eigenvalue weighted by Crippen LogP contribution is -2.22. The van der Waals surface area contributed by atoms with Crippen molar-refractivity contribution in [2.75, 3.05) is 4.90 Å². The molecule has 2 nitrogen and oxygen atoms in total. The lowest BCUT2D eigenvalue weighted by molar-refractivity contribution is -0.105. The number of benzene rings is 4. The molecule has 0 unspecified atom stereocenters. The van der Waals surface area contributed by atoms with Crippen LogP contribution < -0.4 is 4.90 Å².